The zero-order valence-corrected chi connectivity index (χ0v) is 14.7. The zero-order chi connectivity index (χ0) is 17.0. The van der Waals surface area contributed by atoms with Crippen LogP contribution in [0.4, 0.5) is 0 Å². The molecule has 0 bridgehead atoms. The van der Waals surface area contributed by atoms with Gasteiger partial charge in [-0.3, -0.25) is 4.68 Å². The molecule has 0 aliphatic heterocycles. The number of nitrogens with one attached hydrogen (secondary N) is 2. The lowest BCUT2D eigenvalue weighted by Gasteiger charge is -2.20. The highest BCUT2D eigenvalue weighted by atomic mass is 15.3. The van der Waals surface area contributed by atoms with Gasteiger partial charge in [0.25, 0.3) is 0 Å². The van der Waals surface area contributed by atoms with Crippen molar-refractivity contribution in [3.05, 3.63) is 47.5 Å². The number of aromatic nitrogens is 3. The number of benzene rings is 1. The van der Waals surface area contributed by atoms with Gasteiger partial charge in [-0.25, -0.2) is 9.98 Å². The van der Waals surface area contributed by atoms with Crippen molar-refractivity contribution >= 4 is 5.96 Å². The van der Waals surface area contributed by atoms with Crippen molar-refractivity contribution in [3.8, 4) is 0 Å². The Morgan fingerprint density at radius 3 is 2.71 bits per heavy atom. The molecule has 1 heterocycles. The maximum atomic E-state index is 4.63. The summed E-state index contributed by atoms with van der Waals surface area (Å²) in [4.78, 5) is 8.85. The van der Waals surface area contributed by atoms with E-state index >= 15 is 0 Å². The average molecular weight is 326 g/mol. The smallest absolute Gasteiger partial charge is 0.191 e. The molecule has 3 rings (SSSR count). The first-order valence-electron chi connectivity index (χ1n) is 8.56. The third kappa shape index (κ3) is 3.58. The highest BCUT2D eigenvalue weighted by molar-refractivity contribution is 5.79. The molecule has 0 unspecified atom stereocenters. The van der Waals surface area contributed by atoms with Crippen molar-refractivity contribution in [1.82, 2.24) is 25.4 Å². The Morgan fingerprint density at radius 1 is 1.29 bits per heavy atom. The fraction of sp³-hybridized carbons (Fsp3) is 0.500. The fourth-order valence-corrected chi connectivity index (χ4v) is 3.07. The van der Waals surface area contributed by atoms with Crippen molar-refractivity contribution in [1.29, 1.82) is 0 Å². The van der Waals surface area contributed by atoms with E-state index in [9.17, 15) is 0 Å². The van der Waals surface area contributed by atoms with Gasteiger partial charge in [0, 0.05) is 25.6 Å². The second kappa shape index (κ2) is 7.03. The Labute approximate surface area is 143 Å². The monoisotopic (exact) mass is 326 g/mol. The van der Waals surface area contributed by atoms with E-state index in [0.717, 1.165) is 24.9 Å². The third-order valence-electron chi connectivity index (χ3n) is 4.69. The first kappa shape index (κ1) is 16.5. The maximum Gasteiger partial charge on any atom is 0.191 e. The van der Waals surface area contributed by atoms with Gasteiger partial charge in [-0.15, -0.1) is 0 Å². The van der Waals surface area contributed by atoms with Gasteiger partial charge in [-0.05, 0) is 37.8 Å². The Bertz CT molecular complexity index is 714. The van der Waals surface area contributed by atoms with Crippen LogP contribution in [-0.2, 0) is 19.0 Å². The van der Waals surface area contributed by atoms with Gasteiger partial charge in [0.2, 0.25) is 0 Å². The van der Waals surface area contributed by atoms with E-state index in [1.165, 1.54) is 24.0 Å². The number of rotatable bonds is 6. The quantitative estimate of drug-likeness (QED) is 0.628. The fourth-order valence-electron chi connectivity index (χ4n) is 3.07. The molecule has 0 spiro atoms. The number of nitrogens with zero attached hydrogens (tertiary/aromatic N) is 4. The van der Waals surface area contributed by atoms with Crippen molar-refractivity contribution in [2.24, 2.45) is 12.0 Å². The minimum Gasteiger partial charge on any atom is -0.357 e. The standard InChI is InChI=1S/C18H26N6/c1-4-19-17(20-11-16-22-13-23-24(16)3)21-12-18(9-10-18)15-8-6-5-7-14(15)2/h5-8,13H,4,9-12H2,1-3H3,(H2,19,20,21). The number of guanidine groups is 1. The van der Waals surface area contributed by atoms with E-state index < -0.39 is 0 Å². The largest absolute Gasteiger partial charge is 0.357 e. The molecule has 0 radical (unpaired) electrons. The highest BCUT2D eigenvalue weighted by Crippen LogP contribution is 2.48. The summed E-state index contributed by atoms with van der Waals surface area (Å²) in [5, 5.41) is 10.9. The van der Waals surface area contributed by atoms with Crippen LogP contribution < -0.4 is 10.6 Å². The molecule has 6 nitrogen and oxygen atoms in total. The summed E-state index contributed by atoms with van der Waals surface area (Å²) in [7, 11) is 1.88. The second-order valence-corrected chi connectivity index (χ2v) is 6.44. The molecule has 2 aromatic rings. The van der Waals surface area contributed by atoms with E-state index in [0.29, 0.717) is 6.54 Å². The van der Waals surface area contributed by atoms with Gasteiger partial charge >= 0.3 is 0 Å². The normalized spacial score (nSPS) is 16.0. The minimum atomic E-state index is 0.256. The van der Waals surface area contributed by atoms with Crippen LogP contribution in [-0.4, -0.2) is 33.8 Å². The van der Waals surface area contributed by atoms with Crippen molar-refractivity contribution in [3.63, 3.8) is 0 Å². The van der Waals surface area contributed by atoms with Crippen LogP contribution in [0.5, 0.6) is 0 Å². The molecular formula is C18H26N6. The van der Waals surface area contributed by atoms with Crippen molar-refractivity contribution < 1.29 is 0 Å². The molecule has 1 aromatic carbocycles. The van der Waals surface area contributed by atoms with Crippen LogP contribution >= 0.6 is 0 Å². The first-order valence-corrected chi connectivity index (χ1v) is 8.56. The number of aryl methyl sites for hydroxylation is 2. The summed E-state index contributed by atoms with van der Waals surface area (Å²) in [5.41, 5.74) is 3.09. The molecule has 0 atom stereocenters. The average Bonchev–Trinajstić information content (AvgIpc) is 3.26. The van der Waals surface area contributed by atoms with Gasteiger partial charge in [0.15, 0.2) is 5.96 Å². The zero-order valence-electron chi connectivity index (χ0n) is 14.7. The second-order valence-electron chi connectivity index (χ2n) is 6.44. The molecule has 2 N–H and O–H groups in total. The molecule has 1 fully saturated rings. The summed E-state index contributed by atoms with van der Waals surface area (Å²) in [6.07, 6.45) is 4.02. The van der Waals surface area contributed by atoms with Gasteiger partial charge in [0.1, 0.15) is 18.7 Å². The van der Waals surface area contributed by atoms with Crippen LogP contribution in [0.1, 0.15) is 36.7 Å². The first-order chi connectivity index (χ1) is 11.6. The topological polar surface area (TPSA) is 67.1 Å². The van der Waals surface area contributed by atoms with Crippen LogP contribution in [0.3, 0.4) is 0 Å². The Balaban J connectivity index is 1.66. The van der Waals surface area contributed by atoms with E-state index in [1.54, 1.807) is 11.0 Å². The van der Waals surface area contributed by atoms with Crippen molar-refractivity contribution in [2.75, 3.05) is 13.1 Å². The summed E-state index contributed by atoms with van der Waals surface area (Å²) in [6.45, 7) is 6.53. The Kier molecular flexibility index (Phi) is 4.83. The summed E-state index contributed by atoms with van der Waals surface area (Å²) < 4.78 is 1.75. The van der Waals surface area contributed by atoms with Gasteiger partial charge in [-0.2, -0.15) is 5.10 Å². The lowest BCUT2D eigenvalue weighted by atomic mass is 9.92. The molecule has 1 aliphatic carbocycles. The Morgan fingerprint density at radius 2 is 2.08 bits per heavy atom. The molecule has 1 saturated carbocycles. The molecule has 0 saturated heterocycles. The lowest BCUT2D eigenvalue weighted by molar-refractivity contribution is 0.639. The summed E-state index contributed by atoms with van der Waals surface area (Å²) >= 11 is 0. The van der Waals surface area contributed by atoms with E-state index in [4.69, 9.17) is 0 Å². The van der Waals surface area contributed by atoms with Crippen LogP contribution in [0.25, 0.3) is 0 Å². The van der Waals surface area contributed by atoms with Crippen LogP contribution in [0.2, 0.25) is 0 Å². The molecular weight excluding hydrogens is 300 g/mol. The highest BCUT2D eigenvalue weighted by Gasteiger charge is 2.44. The minimum absolute atomic E-state index is 0.256. The van der Waals surface area contributed by atoms with Gasteiger partial charge < -0.3 is 10.6 Å². The van der Waals surface area contributed by atoms with E-state index in [-0.39, 0.29) is 5.41 Å². The maximum absolute atomic E-state index is 4.63. The van der Waals surface area contributed by atoms with E-state index in [2.05, 4.69) is 63.8 Å². The molecule has 24 heavy (non-hydrogen) atoms. The predicted octanol–water partition coefficient (Wildman–Crippen LogP) is 1.91. The number of hydrogen-bond acceptors (Lipinski definition) is 3. The van der Waals surface area contributed by atoms with Crippen LogP contribution in [0.15, 0.2) is 35.6 Å². The van der Waals surface area contributed by atoms with Crippen molar-refractivity contribution in [2.45, 2.75) is 38.6 Å². The van der Waals surface area contributed by atoms with Gasteiger partial charge in [-0.1, -0.05) is 24.3 Å². The van der Waals surface area contributed by atoms with Gasteiger partial charge in [0.05, 0.1) is 0 Å². The SMILES string of the molecule is CCNC(=NCc1ncnn1C)NCC1(c2ccccc2C)CC1. The third-order valence-corrected chi connectivity index (χ3v) is 4.69. The Hall–Kier alpha value is -2.37. The molecule has 1 aromatic heterocycles. The number of hydrogen-bond donors (Lipinski definition) is 2. The molecule has 0 amide bonds. The number of aliphatic imine (C=N–C) groups is 1. The molecule has 6 heteroatoms. The molecule has 128 valence electrons. The summed E-state index contributed by atoms with van der Waals surface area (Å²) in [5.74, 6) is 1.69. The molecule has 1 aliphatic rings. The summed E-state index contributed by atoms with van der Waals surface area (Å²) in [6, 6.07) is 8.70. The predicted molar refractivity (Wildman–Crippen MR) is 95.9 cm³/mol. The lowest BCUT2D eigenvalue weighted by Crippen LogP contribution is -2.41. The van der Waals surface area contributed by atoms with Crippen LogP contribution in [0, 0.1) is 6.92 Å². The van der Waals surface area contributed by atoms with E-state index in [1.807, 2.05) is 7.05 Å².